The summed E-state index contributed by atoms with van der Waals surface area (Å²) in [4.78, 5) is 13.5. The van der Waals surface area contributed by atoms with Gasteiger partial charge in [-0.3, -0.25) is 4.79 Å². The van der Waals surface area contributed by atoms with Gasteiger partial charge in [0.2, 0.25) is 11.1 Å². The summed E-state index contributed by atoms with van der Waals surface area (Å²) in [5, 5.41) is 11.6. The summed E-state index contributed by atoms with van der Waals surface area (Å²) in [5.41, 5.74) is 6.99. The molecule has 0 saturated heterocycles. The second kappa shape index (κ2) is 9.79. The van der Waals surface area contributed by atoms with Crippen LogP contribution in [0.15, 0.2) is 78.0 Å². The van der Waals surface area contributed by atoms with E-state index >= 15 is 0 Å². The van der Waals surface area contributed by atoms with E-state index in [4.69, 9.17) is 4.74 Å². The highest BCUT2D eigenvalue weighted by Gasteiger charge is 2.38. The molecule has 0 fully saturated rings. The lowest BCUT2D eigenvalue weighted by atomic mass is 10.0. The van der Waals surface area contributed by atoms with Crippen LogP contribution < -0.4 is 15.5 Å². The van der Waals surface area contributed by atoms with Gasteiger partial charge in [0.05, 0.1) is 6.04 Å². The summed E-state index contributed by atoms with van der Waals surface area (Å²) in [7, 11) is 0. The van der Waals surface area contributed by atoms with Gasteiger partial charge < -0.3 is 15.5 Å². The van der Waals surface area contributed by atoms with Crippen molar-refractivity contribution in [1.82, 2.24) is 14.9 Å². The highest BCUT2D eigenvalue weighted by atomic mass is 32.2. The molecule has 1 aliphatic rings. The molecular formula is C26H24FN5O2S. The maximum atomic E-state index is 13.6. The SMILES string of the molecule is Cc1ccc(NC(=O)[C@H]2Sc3nnc(COc4ccccc4)n3N[C@@H]2c2ccc(F)cc2)c(C)c1. The molecule has 0 saturated carbocycles. The van der Waals surface area contributed by atoms with Crippen molar-refractivity contribution in [2.75, 3.05) is 10.7 Å². The highest BCUT2D eigenvalue weighted by molar-refractivity contribution is 8.00. The van der Waals surface area contributed by atoms with Crippen LogP contribution in [0, 0.1) is 19.7 Å². The fraction of sp³-hybridized carbons (Fsp3) is 0.192. The Labute approximate surface area is 206 Å². The Kier molecular flexibility index (Phi) is 6.41. The zero-order valence-corrected chi connectivity index (χ0v) is 20.1. The molecule has 1 aliphatic heterocycles. The molecule has 4 aromatic rings. The minimum absolute atomic E-state index is 0.180. The monoisotopic (exact) mass is 489 g/mol. The highest BCUT2D eigenvalue weighted by Crippen LogP contribution is 2.38. The van der Waals surface area contributed by atoms with Crippen molar-refractivity contribution in [3.05, 3.63) is 101 Å². The zero-order chi connectivity index (χ0) is 24.4. The molecule has 3 aromatic carbocycles. The van der Waals surface area contributed by atoms with Crippen LogP contribution in [0.1, 0.15) is 28.6 Å². The Morgan fingerprint density at radius 2 is 1.86 bits per heavy atom. The topological polar surface area (TPSA) is 81.1 Å². The summed E-state index contributed by atoms with van der Waals surface area (Å²) in [6, 6.07) is 21.0. The van der Waals surface area contributed by atoms with E-state index in [0.717, 1.165) is 22.4 Å². The van der Waals surface area contributed by atoms with Gasteiger partial charge in [0.25, 0.3) is 0 Å². The number of hydrogen-bond donors (Lipinski definition) is 2. The van der Waals surface area contributed by atoms with Crippen molar-refractivity contribution in [3.63, 3.8) is 0 Å². The first-order valence-corrected chi connectivity index (χ1v) is 12.0. The van der Waals surface area contributed by atoms with Crippen LogP contribution in [0.5, 0.6) is 5.75 Å². The average molecular weight is 490 g/mol. The van der Waals surface area contributed by atoms with E-state index in [1.54, 1.807) is 16.8 Å². The molecule has 0 bridgehead atoms. The second-order valence-electron chi connectivity index (χ2n) is 8.34. The molecule has 0 aliphatic carbocycles. The maximum Gasteiger partial charge on any atom is 0.240 e. The van der Waals surface area contributed by atoms with Gasteiger partial charge >= 0.3 is 0 Å². The summed E-state index contributed by atoms with van der Waals surface area (Å²) in [5.74, 6) is 0.765. The lowest BCUT2D eigenvalue weighted by Gasteiger charge is -2.33. The quantitative estimate of drug-likeness (QED) is 0.396. The number of amides is 1. The molecule has 5 rings (SSSR count). The number of ether oxygens (including phenoxy) is 1. The number of aromatic nitrogens is 3. The normalized spacial score (nSPS) is 16.8. The van der Waals surface area contributed by atoms with Crippen LogP contribution in [0.2, 0.25) is 0 Å². The lowest BCUT2D eigenvalue weighted by Crippen LogP contribution is -2.41. The van der Waals surface area contributed by atoms with Crippen LogP contribution in [0.25, 0.3) is 0 Å². The number of rotatable bonds is 6. The number of aryl methyl sites for hydroxylation is 2. The summed E-state index contributed by atoms with van der Waals surface area (Å²) in [6.07, 6.45) is 0. The van der Waals surface area contributed by atoms with Crippen molar-refractivity contribution in [3.8, 4) is 5.75 Å². The third kappa shape index (κ3) is 5.00. The fourth-order valence-corrected chi connectivity index (χ4v) is 5.03. The van der Waals surface area contributed by atoms with E-state index in [0.29, 0.717) is 16.7 Å². The molecule has 35 heavy (non-hydrogen) atoms. The Hall–Kier alpha value is -3.85. The maximum absolute atomic E-state index is 13.6. The molecule has 2 heterocycles. The number of nitrogens with one attached hydrogen (secondary N) is 2. The van der Waals surface area contributed by atoms with Crippen LogP contribution in [-0.2, 0) is 11.4 Å². The van der Waals surface area contributed by atoms with Gasteiger partial charge in [0.1, 0.15) is 23.4 Å². The number of para-hydroxylation sites is 1. The molecule has 2 N–H and O–H groups in total. The van der Waals surface area contributed by atoms with Crippen LogP contribution in [-0.4, -0.2) is 26.0 Å². The number of thioether (sulfide) groups is 1. The van der Waals surface area contributed by atoms with Crippen molar-refractivity contribution in [1.29, 1.82) is 0 Å². The van der Waals surface area contributed by atoms with Crippen LogP contribution >= 0.6 is 11.8 Å². The minimum Gasteiger partial charge on any atom is -0.486 e. The van der Waals surface area contributed by atoms with Gasteiger partial charge in [0, 0.05) is 5.69 Å². The predicted molar refractivity (Wildman–Crippen MR) is 133 cm³/mol. The molecule has 0 unspecified atom stereocenters. The van der Waals surface area contributed by atoms with E-state index in [1.165, 1.54) is 23.9 Å². The number of carbonyl (C=O) groups is 1. The average Bonchev–Trinajstić information content (AvgIpc) is 3.26. The second-order valence-corrected chi connectivity index (χ2v) is 9.45. The number of anilines is 1. The Balaban J connectivity index is 1.42. The predicted octanol–water partition coefficient (Wildman–Crippen LogP) is 5.01. The first-order chi connectivity index (χ1) is 17.0. The number of hydrogen-bond acceptors (Lipinski definition) is 6. The Bertz CT molecular complexity index is 1340. The van der Waals surface area contributed by atoms with E-state index in [1.807, 2.05) is 62.4 Å². The van der Waals surface area contributed by atoms with Gasteiger partial charge in [-0.15, -0.1) is 10.2 Å². The van der Waals surface area contributed by atoms with Crippen molar-refractivity contribution < 1.29 is 13.9 Å². The molecule has 178 valence electrons. The van der Waals surface area contributed by atoms with E-state index in [2.05, 4.69) is 20.9 Å². The third-order valence-corrected chi connectivity index (χ3v) is 6.96. The van der Waals surface area contributed by atoms with E-state index < -0.39 is 11.3 Å². The number of nitrogens with zero attached hydrogens (tertiary/aromatic N) is 3. The van der Waals surface area contributed by atoms with Gasteiger partial charge in [-0.05, 0) is 55.3 Å². The van der Waals surface area contributed by atoms with Gasteiger partial charge in [0.15, 0.2) is 5.82 Å². The van der Waals surface area contributed by atoms with Crippen LogP contribution in [0.4, 0.5) is 10.1 Å². The van der Waals surface area contributed by atoms with Crippen molar-refractivity contribution in [2.45, 2.75) is 36.9 Å². The lowest BCUT2D eigenvalue weighted by molar-refractivity contribution is -0.116. The first-order valence-electron chi connectivity index (χ1n) is 11.2. The minimum atomic E-state index is -0.569. The molecule has 1 aromatic heterocycles. The smallest absolute Gasteiger partial charge is 0.240 e. The van der Waals surface area contributed by atoms with Gasteiger partial charge in [-0.2, -0.15) is 0 Å². The molecule has 9 heteroatoms. The standard InChI is InChI=1S/C26H24FN5O2S/c1-16-8-13-21(17(2)14-16)28-25(33)24-23(18-9-11-19(27)12-10-18)31-32-22(29-30-26(32)35-24)15-34-20-6-4-3-5-7-20/h3-14,23-24,31H,15H2,1-2H3,(H,28,33)/t23-,24+/m1/s1. The number of halogens is 1. The Morgan fingerprint density at radius 1 is 1.09 bits per heavy atom. The van der Waals surface area contributed by atoms with Gasteiger partial charge in [-0.25, -0.2) is 9.07 Å². The van der Waals surface area contributed by atoms with Gasteiger partial charge in [-0.1, -0.05) is 59.8 Å². The van der Waals surface area contributed by atoms with Crippen molar-refractivity contribution in [2.24, 2.45) is 0 Å². The van der Waals surface area contributed by atoms with E-state index in [-0.39, 0.29) is 18.3 Å². The molecule has 1 amide bonds. The van der Waals surface area contributed by atoms with Crippen LogP contribution in [0.3, 0.4) is 0 Å². The largest absolute Gasteiger partial charge is 0.486 e. The number of benzene rings is 3. The summed E-state index contributed by atoms with van der Waals surface area (Å²) in [6.45, 7) is 4.16. The fourth-order valence-electron chi connectivity index (χ4n) is 3.93. The zero-order valence-electron chi connectivity index (χ0n) is 19.2. The number of carbonyl (C=O) groups excluding carboxylic acids is 1. The molecule has 0 spiro atoms. The molecule has 7 nitrogen and oxygen atoms in total. The summed E-state index contributed by atoms with van der Waals surface area (Å²) < 4.78 is 21.2. The third-order valence-electron chi connectivity index (χ3n) is 5.74. The summed E-state index contributed by atoms with van der Waals surface area (Å²) >= 11 is 1.31. The van der Waals surface area contributed by atoms with E-state index in [9.17, 15) is 9.18 Å². The molecular weight excluding hydrogens is 465 g/mol. The first kappa shape index (κ1) is 22.9. The number of fused-ring (bicyclic) bond motifs is 1. The molecule has 0 radical (unpaired) electrons. The van der Waals surface area contributed by atoms with Crippen molar-refractivity contribution >= 4 is 23.4 Å². The Morgan fingerprint density at radius 3 is 2.60 bits per heavy atom. The molecule has 2 atom stereocenters.